The molecule has 1 aromatic carbocycles. The number of amides is 1. The molecular formula is C17H20N6O2. The molecule has 0 spiro atoms. The van der Waals surface area contributed by atoms with E-state index in [4.69, 9.17) is 4.74 Å². The first-order valence-corrected chi connectivity index (χ1v) is 7.88. The van der Waals surface area contributed by atoms with Crippen LogP contribution in [0.15, 0.2) is 30.7 Å². The summed E-state index contributed by atoms with van der Waals surface area (Å²) in [6.07, 6.45) is 3.20. The van der Waals surface area contributed by atoms with Crippen molar-refractivity contribution in [1.29, 1.82) is 0 Å². The number of rotatable bonds is 5. The molecule has 0 aliphatic heterocycles. The molecule has 0 unspecified atom stereocenters. The van der Waals surface area contributed by atoms with Gasteiger partial charge in [-0.25, -0.2) is 9.97 Å². The fraction of sp³-hybridized carbons (Fsp3) is 0.294. The predicted octanol–water partition coefficient (Wildman–Crippen LogP) is 2.71. The van der Waals surface area contributed by atoms with Gasteiger partial charge >= 0.3 is 0 Å². The van der Waals surface area contributed by atoms with Crippen molar-refractivity contribution in [3.63, 3.8) is 0 Å². The zero-order chi connectivity index (χ0) is 18.0. The molecule has 3 rings (SSSR count). The monoisotopic (exact) mass is 340 g/mol. The highest BCUT2D eigenvalue weighted by molar-refractivity contribution is 5.94. The molecule has 0 saturated heterocycles. The Labute approximate surface area is 145 Å². The SMILES string of the molecule is COc1cc(Nc2ncnc3c2cnn3C)ccc1NC(=O)C(C)C. The third-order valence-electron chi connectivity index (χ3n) is 3.78. The summed E-state index contributed by atoms with van der Waals surface area (Å²) in [5.74, 6) is 1.05. The van der Waals surface area contributed by atoms with E-state index in [0.29, 0.717) is 17.3 Å². The Morgan fingerprint density at radius 3 is 2.80 bits per heavy atom. The average Bonchev–Trinajstić information content (AvgIpc) is 2.98. The second-order valence-electron chi connectivity index (χ2n) is 5.91. The number of carbonyl (C=O) groups excluding carboxylic acids is 1. The zero-order valence-corrected chi connectivity index (χ0v) is 14.6. The van der Waals surface area contributed by atoms with Crippen molar-refractivity contribution in [2.24, 2.45) is 13.0 Å². The smallest absolute Gasteiger partial charge is 0.227 e. The first-order valence-electron chi connectivity index (χ1n) is 7.88. The lowest BCUT2D eigenvalue weighted by atomic mass is 10.2. The lowest BCUT2D eigenvalue weighted by Gasteiger charge is -2.14. The number of anilines is 3. The molecule has 0 radical (unpaired) electrons. The molecule has 2 heterocycles. The molecule has 0 fully saturated rings. The first-order chi connectivity index (χ1) is 12.0. The number of fused-ring (bicyclic) bond motifs is 1. The molecule has 0 aliphatic carbocycles. The van der Waals surface area contributed by atoms with Gasteiger partial charge in [-0.3, -0.25) is 9.48 Å². The van der Waals surface area contributed by atoms with E-state index in [9.17, 15) is 4.79 Å². The third-order valence-corrected chi connectivity index (χ3v) is 3.78. The van der Waals surface area contributed by atoms with Crippen molar-refractivity contribution in [2.75, 3.05) is 17.7 Å². The largest absolute Gasteiger partial charge is 0.494 e. The highest BCUT2D eigenvalue weighted by atomic mass is 16.5. The van der Waals surface area contributed by atoms with Crippen molar-refractivity contribution in [3.05, 3.63) is 30.7 Å². The summed E-state index contributed by atoms with van der Waals surface area (Å²) in [5, 5.41) is 11.1. The number of nitrogens with one attached hydrogen (secondary N) is 2. The van der Waals surface area contributed by atoms with Gasteiger partial charge in [0.2, 0.25) is 5.91 Å². The van der Waals surface area contributed by atoms with Crippen LogP contribution in [-0.2, 0) is 11.8 Å². The molecule has 2 N–H and O–H groups in total. The van der Waals surface area contributed by atoms with Gasteiger partial charge in [-0.1, -0.05) is 13.8 Å². The Morgan fingerprint density at radius 2 is 2.08 bits per heavy atom. The van der Waals surface area contributed by atoms with Crippen molar-refractivity contribution in [2.45, 2.75) is 13.8 Å². The van der Waals surface area contributed by atoms with Crippen LogP contribution in [0.1, 0.15) is 13.8 Å². The van der Waals surface area contributed by atoms with Gasteiger partial charge in [-0.15, -0.1) is 0 Å². The molecule has 130 valence electrons. The van der Waals surface area contributed by atoms with Crippen LogP contribution in [0.2, 0.25) is 0 Å². The van der Waals surface area contributed by atoms with E-state index in [2.05, 4.69) is 25.7 Å². The standard InChI is InChI=1S/C17H20N6O2/c1-10(2)17(24)22-13-6-5-11(7-14(13)25-4)21-15-12-8-20-23(3)16(12)19-9-18-15/h5-10H,1-4H3,(H,22,24)(H,18,19,21). The highest BCUT2D eigenvalue weighted by Crippen LogP contribution is 2.30. The minimum atomic E-state index is -0.109. The highest BCUT2D eigenvalue weighted by Gasteiger charge is 2.13. The topological polar surface area (TPSA) is 94.0 Å². The van der Waals surface area contributed by atoms with E-state index in [0.717, 1.165) is 16.7 Å². The quantitative estimate of drug-likeness (QED) is 0.742. The Bertz CT molecular complexity index is 919. The van der Waals surface area contributed by atoms with E-state index >= 15 is 0 Å². The van der Waals surface area contributed by atoms with Gasteiger partial charge in [0.05, 0.1) is 24.4 Å². The van der Waals surface area contributed by atoms with Crippen LogP contribution in [0.25, 0.3) is 11.0 Å². The van der Waals surface area contributed by atoms with Gasteiger partial charge in [-0.05, 0) is 12.1 Å². The number of aromatic nitrogens is 4. The van der Waals surface area contributed by atoms with E-state index in [1.54, 1.807) is 30.1 Å². The number of carbonyl (C=O) groups is 1. The first kappa shape index (κ1) is 16.7. The second-order valence-corrected chi connectivity index (χ2v) is 5.91. The number of hydrogen-bond donors (Lipinski definition) is 2. The Kier molecular flexibility index (Phi) is 4.51. The maximum atomic E-state index is 11.9. The van der Waals surface area contributed by atoms with Crippen LogP contribution in [0, 0.1) is 5.92 Å². The van der Waals surface area contributed by atoms with Gasteiger partial charge < -0.3 is 15.4 Å². The van der Waals surface area contributed by atoms with E-state index in [-0.39, 0.29) is 11.8 Å². The summed E-state index contributed by atoms with van der Waals surface area (Å²) in [6, 6.07) is 5.45. The molecule has 3 aromatic rings. The van der Waals surface area contributed by atoms with Crippen LogP contribution in [-0.4, -0.2) is 32.8 Å². The number of methoxy groups -OCH3 is 1. The predicted molar refractivity (Wildman–Crippen MR) is 96.0 cm³/mol. The second kappa shape index (κ2) is 6.76. The molecule has 0 atom stereocenters. The molecule has 8 nitrogen and oxygen atoms in total. The summed E-state index contributed by atoms with van der Waals surface area (Å²) in [4.78, 5) is 20.4. The van der Waals surface area contributed by atoms with Gasteiger partial charge in [0.25, 0.3) is 0 Å². The van der Waals surface area contributed by atoms with E-state index in [1.165, 1.54) is 6.33 Å². The van der Waals surface area contributed by atoms with E-state index < -0.39 is 0 Å². The fourth-order valence-electron chi connectivity index (χ4n) is 2.35. The van der Waals surface area contributed by atoms with Gasteiger partial charge in [0, 0.05) is 24.7 Å². The van der Waals surface area contributed by atoms with Gasteiger partial charge in [0.15, 0.2) is 5.65 Å². The summed E-state index contributed by atoms with van der Waals surface area (Å²) in [5.41, 5.74) is 2.15. The minimum Gasteiger partial charge on any atom is -0.494 e. The molecule has 0 aliphatic rings. The van der Waals surface area contributed by atoms with Gasteiger partial charge in [0.1, 0.15) is 17.9 Å². The molecule has 0 saturated carbocycles. The van der Waals surface area contributed by atoms with Crippen LogP contribution >= 0.6 is 0 Å². The number of benzene rings is 1. The van der Waals surface area contributed by atoms with Crippen molar-refractivity contribution < 1.29 is 9.53 Å². The maximum Gasteiger partial charge on any atom is 0.227 e. The number of nitrogens with zero attached hydrogens (tertiary/aromatic N) is 4. The molecular weight excluding hydrogens is 320 g/mol. The van der Waals surface area contributed by atoms with Crippen molar-refractivity contribution in [3.8, 4) is 5.75 Å². The Balaban J connectivity index is 1.89. The third kappa shape index (κ3) is 3.37. The zero-order valence-electron chi connectivity index (χ0n) is 14.6. The number of hydrogen-bond acceptors (Lipinski definition) is 6. The Morgan fingerprint density at radius 1 is 1.28 bits per heavy atom. The minimum absolute atomic E-state index is 0.0631. The van der Waals surface area contributed by atoms with Crippen LogP contribution in [0.3, 0.4) is 0 Å². The number of aryl methyl sites for hydroxylation is 1. The molecule has 1 amide bonds. The van der Waals surface area contributed by atoms with Crippen LogP contribution < -0.4 is 15.4 Å². The maximum absolute atomic E-state index is 11.9. The summed E-state index contributed by atoms with van der Waals surface area (Å²) < 4.78 is 7.08. The normalized spacial score (nSPS) is 10.9. The lowest BCUT2D eigenvalue weighted by molar-refractivity contribution is -0.118. The molecule has 8 heteroatoms. The lowest BCUT2D eigenvalue weighted by Crippen LogP contribution is -2.18. The van der Waals surface area contributed by atoms with Gasteiger partial charge in [-0.2, -0.15) is 5.10 Å². The average molecular weight is 340 g/mol. The molecule has 2 aromatic heterocycles. The van der Waals surface area contributed by atoms with Crippen LogP contribution in [0.4, 0.5) is 17.2 Å². The fourth-order valence-corrected chi connectivity index (χ4v) is 2.35. The van der Waals surface area contributed by atoms with E-state index in [1.807, 2.05) is 27.0 Å². The van der Waals surface area contributed by atoms with Crippen molar-refractivity contribution >= 4 is 34.1 Å². The summed E-state index contributed by atoms with van der Waals surface area (Å²) in [6.45, 7) is 3.68. The Hall–Kier alpha value is -3.16. The molecule has 0 bridgehead atoms. The summed E-state index contributed by atoms with van der Waals surface area (Å²) >= 11 is 0. The molecule has 25 heavy (non-hydrogen) atoms. The summed E-state index contributed by atoms with van der Waals surface area (Å²) in [7, 11) is 3.39. The van der Waals surface area contributed by atoms with Crippen LogP contribution in [0.5, 0.6) is 5.75 Å². The van der Waals surface area contributed by atoms with Crippen molar-refractivity contribution in [1.82, 2.24) is 19.7 Å². The number of ether oxygens (including phenoxy) is 1.